The van der Waals surface area contributed by atoms with E-state index >= 15 is 0 Å². The molecule has 1 aliphatic carbocycles. The first kappa shape index (κ1) is 25.5. The van der Waals surface area contributed by atoms with E-state index in [2.05, 4.69) is 46.8 Å². The minimum Gasteiger partial charge on any atom is -0.465 e. The number of hydrogen-bond donors (Lipinski definition) is 0. The van der Waals surface area contributed by atoms with Gasteiger partial charge in [-0.2, -0.15) is 0 Å². The zero-order chi connectivity index (χ0) is 25.4. The molecule has 0 bridgehead atoms. The number of benzene rings is 1. The monoisotopic (exact) mass is 480 g/mol. The molecule has 2 aliphatic rings. The molecule has 1 amide bonds. The molecule has 1 saturated heterocycles. The fourth-order valence-electron chi connectivity index (χ4n) is 5.39. The van der Waals surface area contributed by atoms with Crippen molar-refractivity contribution < 1.29 is 18.7 Å². The van der Waals surface area contributed by atoms with Gasteiger partial charge in [0.15, 0.2) is 5.76 Å². The van der Waals surface area contributed by atoms with Crippen LogP contribution in [0.5, 0.6) is 0 Å². The van der Waals surface area contributed by atoms with E-state index in [0.717, 1.165) is 5.76 Å². The van der Waals surface area contributed by atoms with Crippen LogP contribution in [0.3, 0.4) is 0 Å². The molecule has 0 saturated carbocycles. The number of furan rings is 1. The Morgan fingerprint density at radius 2 is 1.60 bits per heavy atom. The summed E-state index contributed by atoms with van der Waals surface area (Å²) in [6.45, 7) is 16.5. The van der Waals surface area contributed by atoms with Crippen LogP contribution in [0.2, 0.25) is 0 Å². The highest BCUT2D eigenvalue weighted by atomic mass is 16.5. The van der Waals surface area contributed by atoms with Gasteiger partial charge < -0.3 is 14.1 Å². The van der Waals surface area contributed by atoms with Gasteiger partial charge >= 0.3 is 5.97 Å². The first-order chi connectivity index (χ1) is 16.5. The van der Waals surface area contributed by atoms with E-state index < -0.39 is 0 Å². The second-order valence-corrected chi connectivity index (χ2v) is 11.4. The second-order valence-electron chi connectivity index (χ2n) is 11.4. The first-order valence-electron chi connectivity index (χ1n) is 12.9. The third kappa shape index (κ3) is 5.48. The molecule has 1 fully saturated rings. The number of ether oxygens (including phenoxy) is 1. The fourth-order valence-corrected chi connectivity index (χ4v) is 5.39. The summed E-state index contributed by atoms with van der Waals surface area (Å²) in [5.41, 5.74) is 5.79. The Labute approximate surface area is 209 Å². The Bertz CT molecular complexity index is 1090. The van der Waals surface area contributed by atoms with Crippen molar-refractivity contribution in [1.29, 1.82) is 0 Å². The summed E-state index contributed by atoms with van der Waals surface area (Å²) in [5, 5.41) is 0. The average molecular weight is 481 g/mol. The molecule has 1 aliphatic heterocycles. The number of fused-ring (bicyclic) bond motifs is 1. The summed E-state index contributed by atoms with van der Waals surface area (Å²) in [6, 6.07) is 8.47. The molecule has 1 aromatic carbocycles. The molecule has 0 atom stereocenters. The molecule has 6 nitrogen and oxygen atoms in total. The fraction of sp³-hybridized carbons (Fsp3) is 0.586. The summed E-state index contributed by atoms with van der Waals surface area (Å²) >= 11 is 0. The summed E-state index contributed by atoms with van der Waals surface area (Å²) in [6.07, 6.45) is 3.06. The van der Waals surface area contributed by atoms with Crippen molar-refractivity contribution in [2.45, 2.75) is 71.6 Å². The Morgan fingerprint density at radius 3 is 2.23 bits per heavy atom. The Kier molecular flexibility index (Phi) is 7.14. The summed E-state index contributed by atoms with van der Waals surface area (Å²) in [4.78, 5) is 28.6. The molecular weight excluding hydrogens is 440 g/mol. The number of carbonyl (C=O) groups excluding carboxylic acids is 2. The maximum absolute atomic E-state index is 13.0. The normalized spacial score (nSPS) is 19.3. The number of aryl methyl sites for hydroxylation is 1. The smallest absolute Gasteiger partial charge is 0.320 e. The van der Waals surface area contributed by atoms with Gasteiger partial charge in [0.25, 0.3) is 5.91 Å². The van der Waals surface area contributed by atoms with Crippen LogP contribution >= 0.6 is 0 Å². The summed E-state index contributed by atoms with van der Waals surface area (Å²) in [5.74, 6) is 0.894. The number of piperazine rings is 1. The Morgan fingerprint density at radius 1 is 0.971 bits per heavy atom. The minimum absolute atomic E-state index is 0.0860. The van der Waals surface area contributed by atoms with Gasteiger partial charge in [-0.15, -0.1) is 0 Å². The summed E-state index contributed by atoms with van der Waals surface area (Å²) in [7, 11) is 0. The molecule has 0 spiro atoms. The lowest BCUT2D eigenvalue weighted by Gasteiger charge is -2.42. The van der Waals surface area contributed by atoms with Gasteiger partial charge in [-0.3, -0.25) is 14.5 Å². The van der Waals surface area contributed by atoms with Gasteiger partial charge in [0.1, 0.15) is 5.76 Å². The van der Waals surface area contributed by atoms with E-state index in [9.17, 15) is 9.59 Å². The molecule has 0 unspecified atom stereocenters. The second kappa shape index (κ2) is 9.81. The van der Waals surface area contributed by atoms with E-state index in [0.29, 0.717) is 45.0 Å². The highest BCUT2D eigenvalue weighted by molar-refractivity contribution is 5.91. The van der Waals surface area contributed by atoms with Crippen molar-refractivity contribution in [3.8, 4) is 0 Å². The van der Waals surface area contributed by atoms with Crippen LogP contribution in [0.25, 0.3) is 0 Å². The van der Waals surface area contributed by atoms with Crippen LogP contribution in [-0.2, 0) is 26.8 Å². The molecule has 2 heterocycles. The van der Waals surface area contributed by atoms with E-state index in [1.54, 1.807) is 17.9 Å². The third-order valence-corrected chi connectivity index (χ3v) is 7.86. The van der Waals surface area contributed by atoms with Gasteiger partial charge in [-0.05, 0) is 71.9 Å². The lowest BCUT2D eigenvalue weighted by atomic mass is 9.62. The quantitative estimate of drug-likeness (QED) is 0.553. The van der Waals surface area contributed by atoms with Gasteiger partial charge in [0.2, 0.25) is 0 Å². The topological polar surface area (TPSA) is 63.0 Å². The van der Waals surface area contributed by atoms with Crippen molar-refractivity contribution in [3.05, 3.63) is 58.0 Å². The number of amides is 1. The maximum Gasteiger partial charge on any atom is 0.320 e. The molecule has 1 aromatic heterocycles. The van der Waals surface area contributed by atoms with E-state index in [4.69, 9.17) is 9.15 Å². The van der Waals surface area contributed by atoms with Gasteiger partial charge in [0, 0.05) is 32.6 Å². The zero-order valence-electron chi connectivity index (χ0n) is 22.2. The highest BCUT2D eigenvalue weighted by Gasteiger charge is 2.37. The lowest BCUT2D eigenvalue weighted by Crippen LogP contribution is -2.50. The lowest BCUT2D eigenvalue weighted by molar-refractivity contribution is -0.144. The van der Waals surface area contributed by atoms with E-state index in [1.165, 1.54) is 35.1 Å². The molecule has 0 radical (unpaired) electrons. The third-order valence-electron chi connectivity index (χ3n) is 7.86. The molecule has 4 rings (SSSR count). The van der Waals surface area contributed by atoms with Crippen LogP contribution in [0.1, 0.15) is 86.0 Å². The molecule has 0 N–H and O–H groups in total. The van der Waals surface area contributed by atoms with Crippen molar-refractivity contribution in [2.75, 3.05) is 39.3 Å². The number of nitrogens with zero attached hydrogens (tertiary/aromatic N) is 2. The number of hydrogen-bond acceptors (Lipinski definition) is 5. The molecule has 2 aromatic rings. The van der Waals surface area contributed by atoms with Gasteiger partial charge in [-0.1, -0.05) is 39.8 Å². The Hall–Kier alpha value is -2.60. The molecular formula is C29H40N2O4. The van der Waals surface area contributed by atoms with Gasteiger partial charge in [-0.25, -0.2) is 0 Å². The number of carbonyl (C=O) groups is 2. The zero-order valence-corrected chi connectivity index (χ0v) is 22.2. The largest absolute Gasteiger partial charge is 0.465 e. The molecule has 35 heavy (non-hydrogen) atoms. The van der Waals surface area contributed by atoms with Crippen molar-refractivity contribution in [3.63, 3.8) is 0 Å². The van der Waals surface area contributed by atoms with Crippen LogP contribution in [-0.4, -0.2) is 61.0 Å². The van der Waals surface area contributed by atoms with Crippen LogP contribution in [0.15, 0.2) is 28.7 Å². The number of esters is 1. The van der Waals surface area contributed by atoms with Crippen molar-refractivity contribution in [1.82, 2.24) is 9.80 Å². The van der Waals surface area contributed by atoms with Crippen LogP contribution in [0.4, 0.5) is 0 Å². The first-order valence-corrected chi connectivity index (χ1v) is 12.9. The van der Waals surface area contributed by atoms with Crippen LogP contribution < -0.4 is 0 Å². The van der Waals surface area contributed by atoms with Crippen molar-refractivity contribution >= 4 is 11.9 Å². The van der Waals surface area contributed by atoms with E-state index in [-0.39, 0.29) is 29.3 Å². The highest BCUT2D eigenvalue weighted by Crippen LogP contribution is 2.46. The minimum atomic E-state index is -0.215. The van der Waals surface area contributed by atoms with Crippen LogP contribution in [0, 0.1) is 6.92 Å². The standard InChI is InChI=1S/C29H40N2O4/c1-7-34-26(32)19-30-12-14-31(15-13-30)27(33)25-9-8-22(35-25)17-21-18-24-23(16-20(21)2)28(3,4)10-11-29(24,5)6/h8-9,16,18H,7,10-15,17,19H2,1-6H3. The predicted octanol–water partition coefficient (Wildman–Crippen LogP) is 4.85. The SMILES string of the molecule is CCOC(=O)CN1CCN(C(=O)c2ccc(Cc3cc4c(cc3C)C(C)(C)CCC4(C)C)o2)CC1. The maximum atomic E-state index is 13.0. The average Bonchev–Trinajstić information content (AvgIpc) is 3.27. The number of rotatable bonds is 6. The predicted molar refractivity (Wildman–Crippen MR) is 137 cm³/mol. The van der Waals surface area contributed by atoms with E-state index in [1.807, 2.05) is 11.0 Å². The Balaban J connectivity index is 1.43. The van der Waals surface area contributed by atoms with Crippen molar-refractivity contribution in [2.24, 2.45) is 0 Å². The summed E-state index contributed by atoms with van der Waals surface area (Å²) < 4.78 is 11.1. The molecule has 190 valence electrons. The van der Waals surface area contributed by atoms with Gasteiger partial charge in [0.05, 0.1) is 13.2 Å². The molecule has 6 heteroatoms.